The second-order valence-electron chi connectivity index (χ2n) is 19.5. The molecule has 0 radical (unpaired) electrons. The maximum Gasteiger partial charge on any atom is 0.243 e. The van der Waals surface area contributed by atoms with Gasteiger partial charge in [-0.1, -0.05) is 0 Å². The number of carbonyl (C=O) groups is 10. The lowest BCUT2D eigenvalue weighted by Gasteiger charge is -2.28. The van der Waals surface area contributed by atoms with Crippen LogP contribution >= 0.6 is 0 Å². The molecule has 0 spiro atoms. The number of rotatable bonds is 43. The van der Waals surface area contributed by atoms with Gasteiger partial charge < -0.3 is 116 Å². The number of unbranched alkanes of at least 4 members (excludes halogenated alkanes) is 2. The van der Waals surface area contributed by atoms with Gasteiger partial charge in [-0.2, -0.15) is 0 Å². The Kier molecular flexibility index (Phi) is 37.4. The highest BCUT2D eigenvalue weighted by Gasteiger charge is 2.35. The molecule has 32 N–H and O–H groups in total. The van der Waals surface area contributed by atoms with Crippen LogP contribution in [0, 0.1) is 0 Å². The van der Waals surface area contributed by atoms with Gasteiger partial charge in [-0.05, 0) is 124 Å². The molecule has 0 heterocycles. The third-order valence-electron chi connectivity index (χ3n) is 12.1. The van der Waals surface area contributed by atoms with E-state index in [2.05, 4.69) is 67.8 Å². The molecule has 0 aromatic heterocycles. The van der Waals surface area contributed by atoms with E-state index in [1.165, 1.54) is 27.7 Å². The first-order valence-electron chi connectivity index (χ1n) is 27.3. The SMILES string of the molecule is CC(=O)N[C@@H](C)C(=O)N[C@@H](C)C(=O)N[C@@H](CCCN=C(N)N)C(=O)N[C@@H](CCCN=C(N)N)C(=O)N[C@@H](CCCN=C(N)N)C(=O)N[C@@H](CCCCN)C(=O)N[C@@H](CCCCN)C(=O)N[C@@H](CCCN=C(N)N)C(=O)N[C@H](C(N)=O)[C@@H](C)O. The van der Waals surface area contributed by atoms with Gasteiger partial charge in [0.25, 0.3) is 0 Å². The van der Waals surface area contributed by atoms with Crippen LogP contribution in [-0.2, 0) is 47.9 Å². The topological polar surface area (TPSA) is 635 Å². The second kappa shape index (κ2) is 41.6. The van der Waals surface area contributed by atoms with Gasteiger partial charge in [0.15, 0.2) is 23.8 Å². The average Bonchev–Trinajstić information content (AvgIpc) is 3.40. The first-order valence-corrected chi connectivity index (χ1v) is 27.3. The standard InChI is InChI=1S/C48H94N24O11/c1-25(64-28(4)74)37(76)65-26(2)38(77)66-31(15-9-21-60-45(52)53)41(80)69-33(17-11-23-62-47(56)57)43(82)70-32(16-10-22-61-46(54)55)42(81)68-29(13-5-7-19-49)39(78)67-30(14-6-8-20-50)40(79)71-34(18-12-24-63-48(58)59)44(83)72-35(27(3)73)36(51)75/h25-27,29-35,73H,5-24,49-50H2,1-4H3,(H2,51,75)(H,64,74)(H,65,76)(H,66,77)(H,67,78)(H,68,81)(H,69,80)(H,70,82)(H,71,79)(H,72,83)(H4,52,53,60)(H4,54,55,61)(H4,56,57,62)(H4,58,59,63)/t25-,26-,27+,29-,30-,31-,32-,33-,34-,35-/m0/s1. The van der Waals surface area contributed by atoms with Crippen molar-refractivity contribution < 1.29 is 53.1 Å². The van der Waals surface area contributed by atoms with Crippen LogP contribution in [0.25, 0.3) is 0 Å². The number of amides is 10. The molecule has 0 saturated carbocycles. The van der Waals surface area contributed by atoms with Gasteiger partial charge >= 0.3 is 0 Å². The first-order chi connectivity index (χ1) is 39.0. The number of hydrogen-bond acceptors (Lipinski definition) is 17. The van der Waals surface area contributed by atoms with E-state index in [-0.39, 0.29) is 134 Å². The summed E-state index contributed by atoms with van der Waals surface area (Å²) in [6, 6.07) is -12.1. The average molecular weight is 1180 g/mol. The van der Waals surface area contributed by atoms with E-state index in [0.717, 1.165) is 0 Å². The number of primary amides is 1. The molecule has 0 aromatic carbocycles. The molecule has 10 amide bonds. The van der Waals surface area contributed by atoms with E-state index in [4.69, 9.17) is 63.1 Å². The second-order valence-corrected chi connectivity index (χ2v) is 19.5. The maximum absolute atomic E-state index is 14.5. The summed E-state index contributed by atoms with van der Waals surface area (Å²) in [5, 5.41) is 33.1. The van der Waals surface area contributed by atoms with Crippen LogP contribution in [0.5, 0.6) is 0 Å². The Hall–Kier alpha value is -8.34. The largest absolute Gasteiger partial charge is 0.391 e. The summed E-state index contributed by atoms with van der Waals surface area (Å²) >= 11 is 0. The smallest absolute Gasteiger partial charge is 0.243 e. The molecule has 35 nitrogen and oxygen atoms in total. The Bertz CT molecular complexity index is 2220. The maximum atomic E-state index is 14.5. The fourth-order valence-corrected chi connectivity index (χ4v) is 7.73. The lowest BCUT2D eigenvalue weighted by Crippen LogP contribution is -2.60. The van der Waals surface area contributed by atoms with Gasteiger partial charge in [0.05, 0.1) is 6.10 Å². The van der Waals surface area contributed by atoms with Crippen LogP contribution in [-0.4, -0.2) is 188 Å². The quantitative estimate of drug-likeness (QED) is 0.0153. The third-order valence-corrected chi connectivity index (χ3v) is 12.1. The predicted molar refractivity (Wildman–Crippen MR) is 311 cm³/mol. The van der Waals surface area contributed by atoms with Crippen LogP contribution < -0.4 is 111 Å². The van der Waals surface area contributed by atoms with Crippen molar-refractivity contribution in [3.8, 4) is 0 Å². The van der Waals surface area contributed by atoms with Crippen molar-refractivity contribution in [2.45, 2.75) is 178 Å². The highest BCUT2D eigenvalue weighted by Crippen LogP contribution is 2.11. The van der Waals surface area contributed by atoms with E-state index in [9.17, 15) is 53.1 Å². The summed E-state index contributed by atoms with van der Waals surface area (Å²) in [6.45, 7) is 5.67. The summed E-state index contributed by atoms with van der Waals surface area (Å²) in [5.41, 5.74) is 61.0. The monoisotopic (exact) mass is 1180 g/mol. The minimum atomic E-state index is -1.53. The summed E-state index contributed by atoms with van der Waals surface area (Å²) in [7, 11) is 0. The molecule has 0 rings (SSSR count). The molecule has 83 heavy (non-hydrogen) atoms. The highest BCUT2D eigenvalue weighted by molar-refractivity contribution is 5.98. The molecule has 0 aliphatic carbocycles. The molecule has 0 fully saturated rings. The molecule has 0 bridgehead atoms. The van der Waals surface area contributed by atoms with Crippen molar-refractivity contribution >= 4 is 82.9 Å². The minimum absolute atomic E-state index is 0.00588. The van der Waals surface area contributed by atoms with Crippen LogP contribution in [0.15, 0.2) is 20.0 Å². The molecular weight excluding hydrogens is 1090 g/mol. The number of carbonyl (C=O) groups excluding carboxylic acids is 10. The Morgan fingerprint density at radius 2 is 0.590 bits per heavy atom. The molecule has 0 aliphatic heterocycles. The Labute approximate surface area is 483 Å². The van der Waals surface area contributed by atoms with E-state index in [0.29, 0.717) is 19.3 Å². The van der Waals surface area contributed by atoms with Crippen molar-refractivity contribution in [2.24, 2.45) is 83.0 Å². The van der Waals surface area contributed by atoms with Gasteiger partial charge in [-0.15, -0.1) is 0 Å². The Morgan fingerprint density at radius 1 is 0.349 bits per heavy atom. The summed E-state index contributed by atoms with van der Waals surface area (Å²) in [6.07, 6.45) is -0.0195. The van der Waals surface area contributed by atoms with Crippen LogP contribution in [0.4, 0.5) is 0 Å². The van der Waals surface area contributed by atoms with Gasteiger partial charge in [0, 0.05) is 33.1 Å². The fraction of sp³-hybridized carbons (Fsp3) is 0.708. The molecule has 0 unspecified atom stereocenters. The molecule has 0 aliphatic rings. The minimum Gasteiger partial charge on any atom is -0.391 e. The lowest BCUT2D eigenvalue weighted by atomic mass is 10.0. The van der Waals surface area contributed by atoms with Crippen molar-refractivity contribution in [3.63, 3.8) is 0 Å². The van der Waals surface area contributed by atoms with E-state index < -0.39 is 120 Å². The molecule has 0 aromatic rings. The van der Waals surface area contributed by atoms with Crippen LogP contribution in [0.2, 0.25) is 0 Å². The van der Waals surface area contributed by atoms with Crippen LogP contribution in [0.3, 0.4) is 0 Å². The van der Waals surface area contributed by atoms with E-state index in [1.54, 1.807) is 0 Å². The van der Waals surface area contributed by atoms with Crippen molar-refractivity contribution in [1.29, 1.82) is 0 Å². The van der Waals surface area contributed by atoms with Crippen LogP contribution in [0.1, 0.15) is 118 Å². The molecule has 10 atom stereocenters. The number of nitrogens with two attached hydrogens (primary N) is 11. The number of aliphatic hydroxyl groups is 1. The zero-order valence-electron chi connectivity index (χ0n) is 48.1. The summed E-state index contributed by atoms with van der Waals surface area (Å²) < 4.78 is 0. The fourth-order valence-electron chi connectivity index (χ4n) is 7.73. The number of hydrogen-bond donors (Lipinski definition) is 21. The van der Waals surface area contributed by atoms with E-state index in [1.807, 2.05) is 0 Å². The Morgan fingerprint density at radius 3 is 0.831 bits per heavy atom. The van der Waals surface area contributed by atoms with Crippen molar-refractivity contribution in [1.82, 2.24) is 47.9 Å². The number of nitrogens with one attached hydrogen (secondary N) is 9. The highest BCUT2D eigenvalue weighted by atomic mass is 16.3. The summed E-state index contributed by atoms with van der Waals surface area (Å²) in [4.78, 5) is 151. The number of nitrogens with zero attached hydrogens (tertiary/aromatic N) is 4. The van der Waals surface area contributed by atoms with Crippen molar-refractivity contribution in [3.05, 3.63) is 0 Å². The number of guanidine groups is 4. The molecule has 0 saturated heterocycles. The van der Waals surface area contributed by atoms with Crippen molar-refractivity contribution in [2.75, 3.05) is 39.3 Å². The molecule has 35 heteroatoms. The van der Waals surface area contributed by atoms with Gasteiger partial charge in [0.2, 0.25) is 59.1 Å². The first kappa shape index (κ1) is 74.7. The number of aliphatic imine (C=N–C) groups is 4. The molecule has 472 valence electrons. The van der Waals surface area contributed by atoms with Gasteiger partial charge in [-0.3, -0.25) is 67.9 Å². The number of aliphatic hydroxyl groups excluding tert-OH is 1. The zero-order valence-corrected chi connectivity index (χ0v) is 48.1. The molecular formula is C48H94N24O11. The summed E-state index contributed by atoms with van der Waals surface area (Å²) in [5.74, 6) is -9.30. The van der Waals surface area contributed by atoms with Gasteiger partial charge in [0.1, 0.15) is 54.4 Å². The zero-order chi connectivity index (χ0) is 63.2. The Balaban J connectivity index is 7.24. The lowest BCUT2D eigenvalue weighted by molar-refractivity contribution is -0.136. The predicted octanol–water partition coefficient (Wildman–Crippen LogP) is -9.25. The third kappa shape index (κ3) is 33.9. The van der Waals surface area contributed by atoms with E-state index >= 15 is 0 Å². The van der Waals surface area contributed by atoms with Gasteiger partial charge in [-0.25, -0.2) is 0 Å². The normalized spacial score (nSPS) is 14.4.